The van der Waals surface area contributed by atoms with Gasteiger partial charge in [-0.3, -0.25) is 4.99 Å². The molecule has 25 heavy (non-hydrogen) atoms. The topological polar surface area (TPSA) is 35.8 Å². The highest BCUT2D eigenvalue weighted by atomic mass is 16.3. The van der Waals surface area contributed by atoms with E-state index in [2.05, 4.69) is 29.1 Å². The van der Waals surface area contributed by atoms with Gasteiger partial charge in [0.15, 0.2) is 0 Å². The lowest BCUT2D eigenvalue weighted by molar-refractivity contribution is 0.303. The summed E-state index contributed by atoms with van der Waals surface area (Å²) in [6, 6.07) is 0. The Morgan fingerprint density at radius 2 is 1.44 bits per heavy atom. The van der Waals surface area contributed by atoms with Gasteiger partial charge in [0.25, 0.3) is 0 Å². The molecule has 0 atom stereocenters. The van der Waals surface area contributed by atoms with Gasteiger partial charge in [-0.2, -0.15) is 0 Å². The molecule has 146 valence electrons. The van der Waals surface area contributed by atoms with Crippen LogP contribution in [0.15, 0.2) is 17.3 Å². The van der Waals surface area contributed by atoms with E-state index in [1.54, 1.807) is 0 Å². The lowest BCUT2D eigenvalue weighted by Crippen LogP contribution is -2.22. The molecule has 0 fully saturated rings. The van der Waals surface area contributed by atoms with Crippen molar-refractivity contribution in [3.8, 4) is 0 Å². The monoisotopic (exact) mass is 350 g/mol. The van der Waals surface area contributed by atoms with Crippen molar-refractivity contribution >= 4 is 5.84 Å². The highest BCUT2D eigenvalue weighted by molar-refractivity contribution is 5.84. The maximum atomic E-state index is 9.02. The van der Waals surface area contributed by atoms with Gasteiger partial charge in [-0.1, -0.05) is 90.0 Å². The molecule has 0 saturated carbocycles. The second-order valence-corrected chi connectivity index (χ2v) is 7.38. The van der Waals surface area contributed by atoms with Gasteiger partial charge in [0.1, 0.15) is 5.84 Å². The molecule has 1 aliphatic heterocycles. The summed E-state index contributed by atoms with van der Waals surface area (Å²) in [4.78, 5) is 6.62. The third kappa shape index (κ3) is 12.2. The number of hydrogen-bond donors (Lipinski definition) is 1. The van der Waals surface area contributed by atoms with Crippen molar-refractivity contribution in [2.45, 2.75) is 103 Å². The summed E-state index contributed by atoms with van der Waals surface area (Å²) in [5.41, 5.74) is 0. The first-order valence-corrected chi connectivity index (χ1v) is 11.0. The van der Waals surface area contributed by atoms with Gasteiger partial charge in [0.05, 0.1) is 13.2 Å². The Hall–Kier alpha value is -0.830. The number of aliphatic hydroxyl groups excluding tert-OH is 1. The molecular weight excluding hydrogens is 308 g/mol. The summed E-state index contributed by atoms with van der Waals surface area (Å²) in [7, 11) is 0. The molecule has 0 amide bonds. The normalized spacial score (nSPS) is 14.6. The molecule has 0 aromatic rings. The quantitative estimate of drug-likeness (QED) is 0.323. The largest absolute Gasteiger partial charge is 0.396 e. The zero-order valence-electron chi connectivity index (χ0n) is 16.7. The SMILES string of the molecule is CCCCCCCCCCCCCCCC=CN1CCN=C1CCO. The van der Waals surface area contributed by atoms with Gasteiger partial charge in [0, 0.05) is 19.2 Å². The zero-order chi connectivity index (χ0) is 18.0. The van der Waals surface area contributed by atoms with E-state index in [1.165, 1.54) is 89.9 Å². The highest BCUT2D eigenvalue weighted by Gasteiger charge is 2.12. The lowest BCUT2D eigenvalue weighted by Gasteiger charge is -2.14. The van der Waals surface area contributed by atoms with Crippen LogP contribution in [-0.4, -0.2) is 35.5 Å². The van der Waals surface area contributed by atoms with Crippen molar-refractivity contribution in [1.29, 1.82) is 0 Å². The van der Waals surface area contributed by atoms with Crippen LogP contribution in [0.5, 0.6) is 0 Å². The van der Waals surface area contributed by atoms with Gasteiger partial charge in [-0.25, -0.2) is 0 Å². The van der Waals surface area contributed by atoms with Crippen LogP contribution in [0, 0.1) is 0 Å². The van der Waals surface area contributed by atoms with Gasteiger partial charge in [-0.05, 0) is 12.8 Å². The molecule has 0 bridgehead atoms. The molecule has 0 saturated heterocycles. The number of hydrogen-bond acceptors (Lipinski definition) is 3. The fourth-order valence-corrected chi connectivity index (χ4v) is 3.47. The van der Waals surface area contributed by atoms with Crippen LogP contribution >= 0.6 is 0 Å². The molecule has 3 heteroatoms. The first-order chi connectivity index (χ1) is 12.4. The van der Waals surface area contributed by atoms with Crippen LogP contribution in [0.3, 0.4) is 0 Å². The molecule has 0 spiro atoms. The van der Waals surface area contributed by atoms with Crippen molar-refractivity contribution in [3.05, 3.63) is 12.3 Å². The van der Waals surface area contributed by atoms with E-state index in [9.17, 15) is 0 Å². The third-order valence-corrected chi connectivity index (χ3v) is 5.06. The Kier molecular flexibility index (Phi) is 14.8. The van der Waals surface area contributed by atoms with Crippen LogP contribution in [0.1, 0.15) is 103 Å². The van der Waals surface area contributed by atoms with Gasteiger partial charge in [-0.15, -0.1) is 0 Å². The Morgan fingerprint density at radius 3 is 2.00 bits per heavy atom. The van der Waals surface area contributed by atoms with E-state index in [1.807, 2.05) is 0 Å². The van der Waals surface area contributed by atoms with E-state index < -0.39 is 0 Å². The maximum absolute atomic E-state index is 9.02. The molecule has 1 heterocycles. The summed E-state index contributed by atoms with van der Waals surface area (Å²) < 4.78 is 0. The predicted octanol–water partition coefficient (Wildman–Crippen LogP) is 6.08. The minimum absolute atomic E-state index is 0.196. The Labute approximate surface area is 156 Å². The molecule has 0 aliphatic carbocycles. The average Bonchev–Trinajstić information content (AvgIpc) is 3.06. The van der Waals surface area contributed by atoms with E-state index in [-0.39, 0.29) is 6.61 Å². The van der Waals surface area contributed by atoms with Crippen LogP contribution in [0.25, 0.3) is 0 Å². The summed E-state index contributed by atoms with van der Waals surface area (Å²) in [6.45, 7) is 4.33. The van der Waals surface area contributed by atoms with E-state index >= 15 is 0 Å². The van der Waals surface area contributed by atoms with Crippen LogP contribution in [-0.2, 0) is 0 Å². The number of amidine groups is 1. The van der Waals surface area contributed by atoms with Crippen LogP contribution in [0.2, 0.25) is 0 Å². The van der Waals surface area contributed by atoms with Gasteiger partial charge < -0.3 is 10.0 Å². The summed E-state index contributed by atoms with van der Waals surface area (Å²) >= 11 is 0. The number of aliphatic hydroxyl groups is 1. The fourth-order valence-electron chi connectivity index (χ4n) is 3.47. The summed E-state index contributed by atoms with van der Waals surface area (Å²) in [6.07, 6.45) is 24.7. The van der Waals surface area contributed by atoms with E-state index in [4.69, 9.17) is 5.11 Å². The number of unbranched alkanes of at least 4 members (excludes halogenated alkanes) is 13. The standard InChI is InChI=1S/C22H42N2O/c1-2-3-4-5-6-7-8-9-10-11-12-13-14-15-16-19-24-20-18-23-22(24)17-21-25/h16,19,25H,2-15,17-18,20-21H2,1H3. The van der Waals surface area contributed by atoms with Crippen molar-refractivity contribution in [2.75, 3.05) is 19.7 Å². The summed E-state index contributed by atoms with van der Waals surface area (Å²) in [5.74, 6) is 1.05. The van der Waals surface area contributed by atoms with Crippen LogP contribution < -0.4 is 0 Å². The average molecular weight is 351 g/mol. The summed E-state index contributed by atoms with van der Waals surface area (Å²) in [5, 5.41) is 9.02. The van der Waals surface area contributed by atoms with Gasteiger partial charge >= 0.3 is 0 Å². The highest BCUT2D eigenvalue weighted by Crippen LogP contribution is 2.13. The first kappa shape index (κ1) is 22.2. The smallest absolute Gasteiger partial charge is 0.105 e. The third-order valence-electron chi connectivity index (χ3n) is 5.06. The molecule has 0 radical (unpaired) electrons. The maximum Gasteiger partial charge on any atom is 0.105 e. The minimum Gasteiger partial charge on any atom is -0.396 e. The lowest BCUT2D eigenvalue weighted by atomic mass is 10.0. The number of aliphatic imine (C=N–C) groups is 1. The molecule has 1 rings (SSSR count). The number of nitrogens with zero attached hydrogens (tertiary/aromatic N) is 2. The van der Waals surface area contributed by atoms with Crippen molar-refractivity contribution in [2.24, 2.45) is 4.99 Å². The van der Waals surface area contributed by atoms with E-state index in [0.29, 0.717) is 6.42 Å². The number of rotatable bonds is 17. The number of allylic oxidation sites excluding steroid dienone is 1. The van der Waals surface area contributed by atoms with Crippen LogP contribution in [0.4, 0.5) is 0 Å². The molecule has 1 N–H and O–H groups in total. The second-order valence-electron chi connectivity index (χ2n) is 7.38. The Balaban J connectivity index is 1.82. The molecular formula is C22H42N2O. The molecule has 0 unspecified atom stereocenters. The second kappa shape index (κ2) is 16.6. The minimum atomic E-state index is 0.196. The molecule has 0 aromatic heterocycles. The Bertz CT molecular complexity index is 352. The van der Waals surface area contributed by atoms with Crippen molar-refractivity contribution < 1.29 is 5.11 Å². The van der Waals surface area contributed by atoms with Gasteiger partial charge in [0.2, 0.25) is 0 Å². The van der Waals surface area contributed by atoms with Crippen molar-refractivity contribution in [3.63, 3.8) is 0 Å². The molecule has 0 aromatic carbocycles. The molecule has 3 nitrogen and oxygen atoms in total. The molecule has 1 aliphatic rings. The first-order valence-electron chi connectivity index (χ1n) is 11.0. The zero-order valence-corrected chi connectivity index (χ0v) is 16.7. The van der Waals surface area contributed by atoms with Crippen molar-refractivity contribution in [1.82, 2.24) is 4.90 Å². The predicted molar refractivity (Wildman–Crippen MR) is 110 cm³/mol. The fraction of sp³-hybridized carbons (Fsp3) is 0.864. The Morgan fingerprint density at radius 1 is 0.880 bits per heavy atom. The van der Waals surface area contributed by atoms with E-state index in [0.717, 1.165) is 18.9 Å².